The van der Waals surface area contributed by atoms with Crippen molar-refractivity contribution in [2.75, 3.05) is 6.54 Å². The second-order valence-electron chi connectivity index (χ2n) is 3.49. The monoisotopic (exact) mass is 202 g/mol. The molecule has 0 bridgehead atoms. The lowest BCUT2D eigenvalue weighted by molar-refractivity contribution is 0.527. The summed E-state index contributed by atoms with van der Waals surface area (Å²) in [4.78, 5) is 4.17. The smallest absolute Gasteiger partial charge is 0.181 e. The Morgan fingerprint density at radius 3 is 2.53 bits per heavy atom. The van der Waals surface area contributed by atoms with E-state index in [2.05, 4.69) is 29.2 Å². The van der Waals surface area contributed by atoms with Gasteiger partial charge in [-0.05, 0) is 25.5 Å². The van der Waals surface area contributed by atoms with Crippen LogP contribution in [0.3, 0.4) is 0 Å². The summed E-state index contributed by atoms with van der Waals surface area (Å²) < 4.78 is 5.17. The predicted molar refractivity (Wildman–Crippen MR) is 59.4 cm³/mol. The van der Waals surface area contributed by atoms with Gasteiger partial charge in [0.15, 0.2) is 6.39 Å². The first kappa shape index (κ1) is 9.93. The maximum absolute atomic E-state index is 5.49. The Balaban J connectivity index is 2.28. The molecule has 1 heterocycles. The Bertz CT molecular complexity index is 431. The first-order chi connectivity index (χ1) is 7.31. The lowest BCUT2D eigenvalue weighted by atomic mass is 10.1. The quantitative estimate of drug-likeness (QED) is 0.829. The van der Waals surface area contributed by atoms with Crippen LogP contribution in [0, 0.1) is 6.92 Å². The van der Waals surface area contributed by atoms with Crippen LogP contribution in [0.15, 0.2) is 35.1 Å². The van der Waals surface area contributed by atoms with E-state index < -0.39 is 0 Å². The zero-order valence-electron chi connectivity index (χ0n) is 8.73. The van der Waals surface area contributed by atoms with Gasteiger partial charge >= 0.3 is 0 Å². The molecule has 0 atom stereocenters. The summed E-state index contributed by atoms with van der Waals surface area (Å²) in [6, 6.07) is 8.26. The standard InChI is InChI=1S/C12H14N2O/c1-9-12(14-8-15-9)11-4-2-10(3-5-11)6-7-13/h2-5,8H,6-7,13H2,1H3. The number of benzene rings is 1. The third kappa shape index (κ3) is 2.07. The average molecular weight is 202 g/mol. The van der Waals surface area contributed by atoms with E-state index in [1.54, 1.807) is 0 Å². The summed E-state index contributed by atoms with van der Waals surface area (Å²) in [5.74, 6) is 0.849. The topological polar surface area (TPSA) is 52.0 Å². The molecule has 2 N–H and O–H groups in total. The van der Waals surface area contributed by atoms with Crippen molar-refractivity contribution in [2.24, 2.45) is 5.73 Å². The molecular weight excluding hydrogens is 188 g/mol. The molecule has 2 rings (SSSR count). The van der Waals surface area contributed by atoms with Crippen molar-refractivity contribution < 1.29 is 4.42 Å². The molecule has 78 valence electrons. The lowest BCUT2D eigenvalue weighted by Gasteiger charge is -2.01. The van der Waals surface area contributed by atoms with Gasteiger partial charge in [0.1, 0.15) is 11.5 Å². The zero-order chi connectivity index (χ0) is 10.7. The number of hydrogen-bond donors (Lipinski definition) is 1. The van der Waals surface area contributed by atoms with Crippen molar-refractivity contribution >= 4 is 0 Å². The molecule has 15 heavy (non-hydrogen) atoms. The second-order valence-corrected chi connectivity index (χ2v) is 3.49. The van der Waals surface area contributed by atoms with Gasteiger partial charge in [-0.1, -0.05) is 24.3 Å². The van der Waals surface area contributed by atoms with E-state index >= 15 is 0 Å². The van der Waals surface area contributed by atoms with E-state index in [1.165, 1.54) is 12.0 Å². The fourth-order valence-corrected chi connectivity index (χ4v) is 1.58. The van der Waals surface area contributed by atoms with Crippen LogP contribution in [0.4, 0.5) is 0 Å². The SMILES string of the molecule is Cc1ocnc1-c1ccc(CCN)cc1. The van der Waals surface area contributed by atoms with E-state index in [4.69, 9.17) is 10.2 Å². The molecule has 0 fully saturated rings. The maximum atomic E-state index is 5.49. The molecule has 1 aromatic heterocycles. The highest BCUT2D eigenvalue weighted by Gasteiger charge is 2.05. The largest absolute Gasteiger partial charge is 0.448 e. The maximum Gasteiger partial charge on any atom is 0.181 e. The molecule has 3 nitrogen and oxygen atoms in total. The molecule has 0 radical (unpaired) electrons. The first-order valence-corrected chi connectivity index (χ1v) is 5.00. The highest BCUT2D eigenvalue weighted by Crippen LogP contribution is 2.21. The minimum absolute atomic E-state index is 0.683. The Kier molecular flexibility index (Phi) is 2.83. The normalized spacial score (nSPS) is 10.5. The molecule has 0 amide bonds. The van der Waals surface area contributed by atoms with E-state index in [9.17, 15) is 0 Å². The molecular formula is C12H14N2O. The summed E-state index contributed by atoms with van der Waals surface area (Å²) in [6.45, 7) is 2.60. The zero-order valence-corrected chi connectivity index (χ0v) is 8.73. The van der Waals surface area contributed by atoms with Crippen LogP contribution in [0.1, 0.15) is 11.3 Å². The number of nitrogens with zero attached hydrogens (tertiary/aromatic N) is 1. The van der Waals surface area contributed by atoms with E-state index in [0.717, 1.165) is 23.4 Å². The van der Waals surface area contributed by atoms with Gasteiger partial charge in [0.2, 0.25) is 0 Å². The minimum Gasteiger partial charge on any atom is -0.448 e. The molecule has 2 aromatic rings. The van der Waals surface area contributed by atoms with Crippen LogP contribution in [0.2, 0.25) is 0 Å². The van der Waals surface area contributed by atoms with Crippen LogP contribution >= 0.6 is 0 Å². The van der Waals surface area contributed by atoms with Crippen molar-refractivity contribution in [3.63, 3.8) is 0 Å². The summed E-state index contributed by atoms with van der Waals surface area (Å²) in [5, 5.41) is 0. The molecule has 0 saturated carbocycles. The average Bonchev–Trinajstić information content (AvgIpc) is 2.66. The van der Waals surface area contributed by atoms with Gasteiger partial charge in [-0.2, -0.15) is 0 Å². The Labute approximate surface area is 88.9 Å². The minimum atomic E-state index is 0.683. The molecule has 0 aliphatic heterocycles. The van der Waals surface area contributed by atoms with E-state index in [0.29, 0.717) is 6.54 Å². The second kappa shape index (κ2) is 4.28. The molecule has 0 aliphatic carbocycles. The van der Waals surface area contributed by atoms with Gasteiger partial charge in [-0.15, -0.1) is 0 Å². The van der Waals surface area contributed by atoms with Crippen LogP contribution in [-0.4, -0.2) is 11.5 Å². The summed E-state index contributed by atoms with van der Waals surface area (Å²) in [6.07, 6.45) is 2.39. The number of hydrogen-bond acceptors (Lipinski definition) is 3. The summed E-state index contributed by atoms with van der Waals surface area (Å²) >= 11 is 0. The van der Waals surface area contributed by atoms with Gasteiger partial charge in [-0.3, -0.25) is 0 Å². The summed E-state index contributed by atoms with van der Waals surface area (Å²) in [5.41, 5.74) is 8.74. The van der Waals surface area contributed by atoms with Crippen molar-refractivity contribution in [3.8, 4) is 11.3 Å². The van der Waals surface area contributed by atoms with E-state index in [-0.39, 0.29) is 0 Å². The van der Waals surface area contributed by atoms with Crippen molar-refractivity contribution in [1.29, 1.82) is 0 Å². The molecule has 0 spiro atoms. The van der Waals surface area contributed by atoms with Gasteiger partial charge in [0.25, 0.3) is 0 Å². The highest BCUT2D eigenvalue weighted by atomic mass is 16.3. The van der Waals surface area contributed by atoms with Crippen LogP contribution < -0.4 is 5.73 Å². The molecule has 0 saturated heterocycles. The molecule has 0 unspecified atom stereocenters. The number of rotatable bonds is 3. The van der Waals surface area contributed by atoms with Crippen molar-refractivity contribution in [3.05, 3.63) is 42.0 Å². The fraction of sp³-hybridized carbons (Fsp3) is 0.250. The number of oxazole rings is 1. The van der Waals surface area contributed by atoms with Crippen molar-refractivity contribution in [1.82, 2.24) is 4.98 Å². The van der Waals surface area contributed by atoms with Crippen LogP contribution in [0.25, 0.3) is 11.3 Å². The molecule has 0 aliphatic rings. The molecule has 1 aromatic carbocycles. The number of nitrogens with two attached hydrogens (primary N) is 1. The van der Waals surface area contributed by atoms with Crippen LogP contribution in [-0.2, 0) is 6.42 Å². The Morgan fingerprint density at radius 1 is 1.27 bits per heavy atom. The number of aromatic nitrogens is 1. The van der Waals surface area contributed by atoms with Gasteiger partial charge in [-0.25, -0.2) is 4.98 Å². The Morgan fingerprint density at radius 2 is 2.00 bits per heavy atom. The predicted octanol–water partition coefficient (Wildman–Crippen LogP) is 2.15. The van der Waals surface area contributed by atoms with Gasteiger partial charge in [0.05, 0.1) is 0 Å². The fourth-order valence-electron chi connectivity index (χ4n) is 1.58. The van der Waals surface area contributed by atoms with Crippen molar-refractivity contribution in [2.45, 2.75) is 13.3 Å². The Hall–Kier alpha value is -1.61. The van der Waals surface area contributed by atoms with Crippen LogP contribution in [0.5, 0.6) is 0 Å². The van der Waals surface area contributed by atoms with Gasteiger partial charge < -0.3 is 10.2 Å². The van der Waals surface area contributed by atoms with E-state index in [1.807, 2.05) is 6.92 Å². The lowest BCUT2D eigenvalue weighted by Crippen LogP contribution is -2.02. The first-order valence-electron chi connectivity index (χ1n) is 5.00. The van der Waals surface area contributed by atoms with Gasteiger partial charge in [0, 0.05) is 5.56 Å². The summed E-state index contributed by atoms with van der Waals surface area (Å²) in [7, 11) is 0. The highest BCUT2D eigenvalue weighted by molar-refractivity contribution is 5.60. The third-order valence-corrected chi connectivity index (χ3v) is 2.41. The number of aryl methyl sites for hydroxylation is 1. The molecule has 3 heteroatoms. The third-order valence-electron chi connectivity index (χ3n) is 2.41.